The summed E-state index contributed by atoms with van der Waals surface area (Å²) in [6, 6.07) is 5.32. The molecule has 1 aliphatic rings. The number of halogens is 2. The number of nitrogens with zero attached hydrogens (tertiary/aromatic N) is 1. The van der Waals surface area contributed by atoms with Gasteiger partial charge in [0.1, 0.15) is 0 Å². The van der Waals surface area contributed by atoms with Gasteiger partial charge in [0.2, 0.25) is 0 Å². The molecule has 1 amide bonds. The largest absolute Gasteiger partial charge is 0.338 e. The van der Waals surface area contributed by atoms with Crippen LogP contribution in [0.25, 0.3) is 0 Å². The Morgan fingerprint density at radius 2 is 1.74 bits per heavy atom. The third-order valence-electron chi connectivity index (χ3n) is 3.99. The molecule has 1 aromatic carbocycles. The van der Waals surface area contributed by atoms with Crippen molar-refractivity contribution in [1.29, 1.82) is 0 Å². The van der Waals surface area contributed by atoms with E-state index in [0.717, 1.165) is 6.42 Å². The predicted octanol–water partition coefficient (Wildman–Crippen LogP) is 4.64. The van der Waals surface area contributed by atoms with Crippen LogP contribution in [0.5, 0.6) is 0 Å². The highest BCUT2D eigenvalue weighted by Gasteiger charge is 2.28. The van der Waals surface area contributed by atoms with Crippen molar-refractivity contribution >= 4 is 29.1 Å². The number of benzene rings is 1. The fraction of sp³-hybridized carbons (Fsp3) is 0.533. The molecule has 0 saturated heterocycles. The van der Waals surface area contributed by atoms with E-state index in [1.807, 2.05) is 11.9 Å². The summed E-state index contributed by atoms with van der Waals surface area (Å²) in [5.74, 6) is 0.556. The Morgan fingerprint density at radius 3 is 2.32 bits per heavy atom. The van der Waals surface area contributed by atoms with Gasteiger partial charge in [-0.05, 0) is 37.0 Å². The Bertz CT molecular complexity index is 455. The van der Waals surface area contributed by atoms with E-state index in [0.29, 0.717) is 27.6 Å². The number of carbonyl (C=O) groups excluding carboxylic acids is 1. The molecule has 0 spiro atoms. The number of hydrogen-bond donors (Lipinski definition) is 0. The highest BCUT2D eigenvalue weighted by atomic mass is 35.5. The van der Waals surface area contributed by atoms with Crippen LogP contribution in [0.4, 0.5) is 0 Å². The van der Waals surface area contributed by atoms with Crippen molar-refractivity contribution < 1.29 is 4.79 Å². The smallest absolute Gasteiger partial charge is 0.253 e. The van der Waals surface area contributed by atoms with Crippen molar-refractivity contribution in [2.75, 3.05) is 7.05 Å². The van der Waals surface area contributed by atoms with Crippen LogP contribution >= 0.6 is 23.2 Å². The molecule has 0 heterocycles. The molecule has 1 aliphatic carbocycles. The number of rotatable bonds is 2. The lowest BCUT2D eigenvalue weighted by molar-refractivity contribution is 0.0629. The van der Waals surface area contributed by atoms with Crippen molar-refractivity contribution in [2.45, 2.75) is 38.6 Å². The van der Waals surface area contributed by atoms with Gasteiger partial charge in [-0.3, -0.25) is 4.79 Å². The van der Waals surface area contributed by atoms with Crippen LogP contribution in [0, 0.1) is 5.92 Å². The van der Waals surface area contributed by atoms with Crippen LogP contribution in [-0.4, -0.2) is 23.9 Å². The average Bonchev–Trinajstić information content (AvgIpc) is 2.36. The fourth-order valence-electron chi connectivity index (χ4n) is 2.90. The average molecular weight is 300 g/mol. The molecule has 1 fully saturated rings. The Labute approximate surface area is 124 Å². The molecule has 1 aromatic rings. The summed E-state index contributed by atoms with van der Waals surface area (Å²) in [5.41, 5.74) is 0.567. The second kappa shape index (κ2) is 6.15. The summed E-state index contributed by atoms with van der Waals surface area (Å²) in [5, 5.41) is 1.00. The highest BCUT2D eigenvalue weighted by Crippen LogP contribution is 2.29. The molecule has 0 radical (unpaired) electrons. The van der Waals surface area contributed by atoms with Crippen LogP contribution < -0.4 is 0 Å². The van der Waals surface area contributed by atoms with Crippen molar-refractivity contribution in [1.82, 2.24) is 4.90 Å². The fourth-order valence-corrected chi connectivity index (χ4v) is 3.43. The topological polar surface area (TPSA) is 20.3 Å². The predicted molar refractivity (Wildman–Crippen MR) is 80.0 cm³/mol. The maximum absolute atomic E-state index is 12.5. The zero-order chi connectivity index (χ0) is 14.0. The first-order chi connectivity index (χ1) is 8.99. The zero-order valence-electron chi connectivity index (χ0n) is 11.3. The molecule has 104 valence electrons. The van der Waals surface area contributed by atoms with Crippen molar-refractivity contribution in [2.24, 2.45) is 5.92 Å². The quantitative estimate of drug-likeness (QED) is 0.779. The van der Waals surface area contributed by atoms with Gasteiger partial charge in [0.05, 0.1) is 0 Å². The van der Waals surface area contributed by atoms with E-state index in [1.165, 1.54) is 19.3 Å². The summed E-state index contributed by atoms with van der Waals surface area (Å²) in [6.07, 6.45) is 4.74. The molecule has 19 heavy (non-hydrogen) atoms. The molecule has 2 unspecified atom stereocenters. The summed E-state index contributed by atoms with van der Waals surface area (Å²) < 4.78 is 0. The Hall–Kier alpha value is -0.730. The summed E-state index contributed by atoms with van der Waals surface area (Å²) in [7, 11) is 1.88. The molecule has 0 N–H and O–H groups in total. The van der Waals surface area contributed by atoms with Crippen molar-refractivity contribution in [3.8, 4) is 0 Å². The lowest BCUT2D eigenvalue weighted by Gasteiger charge is -2.36. The van der Waals surface area contributed by atoms with E-state index in [4.69, 9.17) is 23.2 Å². The third kappa shape index (κ3) is 3.43. The van der Waals surface area contributed by atoms with Gasteiger partial charge >= 0.3 is 0 Å². The van der Waals surface area contributed by atoms with E-state index < -0.39 is 0 Å². The van der Waals surface area contributed by atoms with E-state index >= 15 is 0 Å². The Morgan fingerprint density at radius 1 is 1.16 bits per heavy atom. The number of carbonyl (C=O) groups is 1. The van der Waals surface area contributed by atoms with Gasteiger partial charge in [0.15, 0.2) is 0 Å². The second-order valence-electron chi connectivity index (χ2n) is 5.40. The van der Waals surface area contributed by atoms with Crippen molar-refractivity contribution in [3.05, 3.63) is 33.8 Å². The standard InChI is InChI=1S/C15H19Cl2NO/c1-10-5-3-4-6-14(10)18(2)15(19)11-7-12(16)9-13(17)8-11/h7-10,14H,3-6H2,1-2H3. The summed E-state index contributed by atoms with van der Waals surface area (Å²) >= 11 is 11.9. The lowest BCUT2D eigenvalue weighted by Crippen LogP contribution is -2.42. The minimum absolute atomic E-state index is 0.00292. The van der Waals surface area contributed by atoms with E-state index in [2.05, 4.69) is 6.92 Å². The molecule has 1 saturated carbocycles. The third-order valence-corrected chi connectivity index (χ3v) is 4.43. The number of hydrogen-bond acceptors (Lipinski definition) is 1. The van der Waals surface area contributed by atoms with Gasteiger partial charge in [-0.25, -0.2) is 0 Å². The zero-order valence-corrected chi connectivity index (χ0v) is 12.8. The molecule has 2 atom stereocenters. The van der Waals surface area contributed by atoms with Gasteiger partial charge in [0, 0.05) is 28.7 Å². The second-order valence-corrected chi connectivity index (χ2v) is 6.28. The Kier molecular flexibility index (Phi) is 4.75. The van der Waals surface area contributed by atoms with Crippen molar-refractivity contribution in [3.63, 3.8) is 0 Å². The maximum atomic E-state index is 12.5. The minimum Gasteiger partial charge on any atom is -0.338 e. The molecular weight excluding hydrogens is 281 g/mol. The van der Waals surface area contributed by atoms with Crippen LogP contribution in [0.3, 0.4) is 0 Å². The van der Waals surface area contributed by atoms with E-state index in [-0.39, 0.29) is 5.91 Å². The molecule has 2 rings (SSSR count). The van der Waals surface area contributed by atoms with Gasteiger partial charge in [-0.15, -0.1) is 0 Å². The summed E-state index contributed by atoms with van der Waals surface area (Å²) in [4.78, 5) is 14.4. The van der Waals surface area contributed by atoms with Crippen LogP contribution in [0.2, 0.25) is 10.0 Å². The number of amides is 1. The highest BCUT2D eigenvalue weighted by molar-refractivity contribution is 6.35. The van der Waals surface area contributed by atoms with E-state index in [9.17, 15) is 4.79 Å². The first-order valence-corrected chi connectivity index (χ1v) is 7.48. The molecule has 0 bridgehead atoms. The van der Waals surface area contributed by atoms with Crippen LogP contribution in [0.1, 0.15) is 43.0 Å². The monoisotopic (exact) mass is 299 g/mol. The minimum atomic E-state index is 0.00292. The Balaban J connectivity index is 2.18. The molecule has 2 nitrogen and oxygen atoms in total. The van der Waals surface area contributed by atoms with Gasteiger partial charge < -0.3 is 4.90 Å². The SMILES string of the molecule is CC1CCCCC1N(C)C(=O)c1cc(Cl)cc(Cl)c1. The normalized spacial score (nSPS) is 23.2. The molecule has 4 heteroatoms. The lowest BCUT2D eigenvalue weighted by atomic mass is 9.85. The first-order valence-electron chi connectivity index (χ1n) is 6.72. The molecular formula is C15H19Cl2NO. The maximum Gasteiger partial charge on any atom is 0.253 e. The molecule has 0 aromatic heterocycles. The van der Waals surface area contributed by atoms with Gasteiger partial charge in [0.25, 0.3) is 5.91 Å². The van der Waals surface area contributed by atoms with Gasteiger partial charge in [-0.2, -0.15) is 0 Å². The van der Waals surface area contributed by atoms with Crippen LogP contribution in [0.15, 0.2) is 18.2 Å². The van der Waals surface area contributed by atoms with E-state index in [1.54, 1.807) is 18.2 Å². The summed E-state index contributed by atoms with van der Waals surface area (Å²) in [6.45, 7) is 2.22. The van der Waals surface area contributed by atoms with Crippen LogP contribution in [-0.2, 0) is 0 Å². The first kappa shape index (κ1) is 14.7. The van der Waals surface area contributed by atoms with Gasteiger partial charge in [-0.1, -0.05) is 43.0 Å². The molecule has 0 aliphatic heterocycles.